The maximum atomic E-state index is 11.8. The van der Waals surface area contributed by atoms with E-state index in [9.17, 15) is 9.59 Å². The number of nitrogens with zero attached hydrogens (tertiary/aromatic N) is 6. The summed E-state index contributed by atoms with van der Waals surface area (Å²) in [7, 11) is 0. The van der Waals surface area contributed by atoms with Crippen LogP contribution in [0.2, 0.25) is 0 Å². The third-order valence-corrected chi connectivity index (χ3v) is 11.4. The molecule has 46 heavy (non-hydrogen) atoms. The minimum Gasteiger partial charge on any atom is -0.335 e. The van der Waals surface area contributed by atoms with Gasteiger partial charge in [0.1, 0.15) is 19.1 Å². The Morgan fingerprint density at radius 1 is 0.848 bits per heavy atom. The third-order valence-electron chi connectivity index (χ3n) is 9.41. The summed E-state index contributed by atoms with van der Waals surface area (Å²) >= 11 is 9.50. The van der Waals surface area contributed by atoms with E-state index in [4.69, 9.17) is 21.6 Å². The second-order valence-electron chi connectivity index (χ2n) is 13.0. The maximum absolute atomic E-state index is 11.8. The van der Waals surface area contributed by atoms with Crippen LogP contribution in [0.3, 0.4) is 0 Å². The van der Waals surface area contributed by atoms with Crippen LogP contribution in [0.25, 0.3) is 0 Å². The first-order valence-corrected chi connectivity index (χ1v) is 19.9. The van der Waals surface area contributed by atoms with E-state index >= 15 is 0 Å². The fraction of sp³-hybridized carbons (Fsp3) is 0.765. The Kier molecular flexibility index (Phi) is 16.8. The zero-order valence-corrected chi connectivity index (χ0v) is 34.1. The number of fused-ring (bicyclic) bond motifs is 2. The lowest BCUT2D eigenvalue weighted by molar-refractivity contribution is -0.132. The van der Waals surface area contributed by atoms with Crippen LogP contribution in [0.15, 0.2) is 0 Å². The minimum absolute atomic E-state index is 0.253. The first kappa shape index (κ1) is 39.7. The van der Waals surface area contributed by atoms with Crippen LogP contribution in [0.4, 0.5) is 0 Å². The van der Waals surface area contributed by atoms with Crippen molar-refractivity contribution in [2.24, 2.45) is 0 Å². The number of rotatable bonds is 7. The van der Waals surface area contributed by atoms with Crippen molar-refractivity contribution in [2.75, 3.05) is 19.6 Å². The molecule has 4 heterocycles. The Morgan fingerprint density at radius 2 is 1.35 bits per heavy atom. The Balaban J connectivity index is 0.000000183. The molecule has 260 valence electrons. The van der Waals surface area contributed by atoms with Crippen LogP contribution in [0.5, 0.6) is 0 Å². The van der Waals surface area contributed by atoms with E-state index in [1.807, 2.05) is 11.8 Å². The van der Waals surface area contributed by atoms with Crippen LogP contribution < -0.4 is 5.32 Å². The fourth-order valence-corrected chi connectivity index (χ4v) is 7.80. The van der Waals surface area contributed by atoms with Crippen molar-refractivity contribution in [3.8, 4) is 0 Å². The molecule has 1 N–H and O–H groups in total. The maximum Gasteiger partial charge on any atom is 0.222 e. The summed E-state index contributed by atoms with van der Waals surface area (Å²) in [6, 6.07) is 1.38. The van der Waals surface area contributed by atoms with Gasteiger partial charge in [-0.15, -0.1) is 0 Å². The van der Waals surface area contributed by atoms with E-state index < -0.39 is 0 Å². The summed E-state index contributed by atoms with van der Waals surface area (Å²) in [6.07, 6.45) is 9.02. The number of nitrogens with one attached hydrogen (secondary N) is 1. The standard InChI is InChI=1S/C13H18IN3O.C10H14IN3.C8H19N.C3H5ClO/c1-2-11(18)16-6-7-17-10(8-16)12(14)15-13(17)9-4-3-5-9;11-9-8-6-12-4-5-14(8)10(13-9)7-2-1-3-7;1-6-9(7(2)3)8(4)5;1-2-3(4)5/h9H,2-8H2,1H3;7,12H,1-6H2;7-8H,6H2,1-5H3;2H2,1H3. The van der Waals surface area contributed by atoms with Crippen molar-refractivity contribution in [3.63, 3.8) is 0 Å². The van der Waals surface area contributed by atoms with Crippen molar-refractivity contribution in [2.45, 2.75) is 150 Å². The lowest BCUT2D eigenvalue weighted by atomic mass is 9.85. The molecule has 0 spiro atoms. The predicted octanol–water partition coefficient (Wildman–Crippen LogP) is 7.65. The predicted molar refractivity (Wildman–Crippen MR) is 204 cm³/mol. The van der Waals surface area contributed by atoms with Gasteiger partial charge in [-0.1, -0.05) is 33.6 Å². The van der Waals surface area contributed by atoms with Gasteiger partial charge in [0.15, 0.2) is 0 Å². The number of halogens is 3. The van der Waals surface area contributed by atoms with Gasteiger partial charge in [-0.25, -0.2) is 9.97 Å². The molecule has 6 rings (SSSR count). The van der Waals surface area contributed by atoms with Gasteiger partial charge >= 0.3 is 0 Å². The molecule has 0 bridgehead atoms. The molecule has 2 saturated carbocycles. The Labute approximate surface area is 309 Å². The van der Waals surface area contributed by atoms with Gasteiger partial charge in [0.2, 0.25) is 11.1 Å². The summed E-state index contributed by atoms with van der Waals surface area (Å²) in [5, 5.41) is 3.13. The number of aromatic nitrogens is 4. The van der Waals surface area contributed by atoms with Gasteiger partial charge in [-0.05, 0) is 117 Å². The first-order chi connectivity index (χ1) is 21.9. The molecule has 2 aliphatic carbocycles. The summed E-state index contributed by atoms with van der Waals surface area (Å²) in [4.78, 5) is 35.3. The summed E-state index contributed by atoms with van der Waals surface area (Å²) < 4.78 is 7.10. The lowest BCUT2D eigenvalue weighted by Crippen LogP contribution is -2.38. The Hall–Kier alpha value is -0.770. The summed E-state index contributed by atoms with van der Waals surface area (Å²) in [5.74, 6) is 4.31. The van der Waals surface area contributed by atoms with Crippen molar-refractivity contribution < 1.29 is 9.59 Å². The van der Waals surface area contributed by atoms with E-state index in [0.717, 1.165) is 55.4 Å². The van der Waals surface area contributed by atoms with E-state index in [2.05, 4.69) is 99.2 Å². The highest BCUT2D eigenvalue weighted by molar-refractivity contribution is 14.1. The van der Waals surface area contributed by atoms with Gasteiger partial charge in [-0.2, -0.15) is 0 Å². The molecule has 1 amide bonds. The van der Waals surface area contributed by atoms with E-state index in [-0.39, 0.29) is 11.1 Å². The zero-order chi connectivity index (χ0) is 34.0. The van der Waals surface area contributed by atoms with E-state index in [0.29, 0.717) is 30.8 Å². The number of hydrogen-bond acceptors (Lipinski definition) is 6. The molecular formula is C34H56ClI2N7O2. The smallest absolute Gasteiger partial charge is 0.222 e. The van der Waals surface area contributed by atoms with Crippen LogP contribution >= 0.6 is 56.8 Å². The largest absolute Gasteiger partial charge is 0.335 e. The van der Waals surface area contributed by atoms with Gasteiger partial charge in [0.25, 0.3) is 0 Å². The molecule has 2 aromatic rings. The molecule has 2 aliphatic heterocycles. The normalized spacial score (nSPS) is 17.5. The average molecular weight is 884 g/mol. The molecule has 0 atom stereocenters. The molecule has 2 aromatic heterocycles. The molecule has 0 unspecified atom stereocenters. The molecule has 9 nitrogen and oxygen atoms in total. The number of amides is 1. The second kappa shape index (κ2) is 19.4. The monoisotopic (exact) mass is 883 g/mol. The van der Waals surface area contributed by atoms with Crippen LogP contribution in [0, 0.1) is 7.40 Å². The number of imidazole rings is 2. The van der Waals surface area contributed by atoms with Crippen molar-refractivity contribution in [3.05, 3.63) is 30.4 Å². The number of carbonyl (C=O) groups excluding carboxylic acids is 2. The molecule has 0 saturated heterocycles. The highest BCUT2D eigenvalue weighted by Crippen LogP contribution is 2.38. The van der Waals surface area contributed by atoms with Gasteiger partial charge in [-0.3, -0.25) is 14.5 Å². The van der Waals surface area contributed by atoms with Crippen molar-refractivity contribution >= 4 is 67.9 Å². The highest BCUT2D eigenvalue weighted by atomic mass is 127. The van der Waals surface area contributed by atoms with E-state index in [1.165, 1.54) is 65.3 Å². The Morgan fingerprint density at radius 3 is 1.74 bits per heavy atom. The average Bonchev–Trinajstić information content (AvgIpc) is 3.47. The fourth-order valence-electron chi connectivity index (χ4n) is 6.37. The van der Waals surface area contributed by atoms with Crippen LogP contribution in [-0.4, -0.2) is 71.8 Å². The molecular weight excluding hydrogens is 828 g/mol. The number of carbonyl (C=O) groups is 2. The second-order valence-corrected chi connectivity index (χ2v) is 15.5. The number of hydrogen-bond donors (Lipinski definition) is 1. The molecule has 12 heteroatoms. The topological polar surface area (TPSA) is 88.3 Å². The minimum atomic E-state index is -0.273. The van der Waals surface area contributed by atoms with Crippen LogP contribution in [0.1, 0.15) is 135 Å². The summed E-state index contributed by atoms with van der Waals surface area (Å²) in [6.45, 7) is 21.7. The third kappa shape index (κ3) is 10.6. The highest BCUT2D eigenvalue weighted by Gasteiger charge is 2.31. The van der Waals surface area contributed by atoms with Gasteiger partial charge in [0.05, 0.1) is 17.9 Å². The van der Waals surface area contributed by atoms with E-state index in [1.54, 1.807) is 6.92 Å². The Bertz CT molecular complexity index is 1260. The molecule has 0 aromatic carbocycles. The van der Waals surface area contributed by atoms with Crippen LogP contribution in [-0.2, 0) is 35.8 Å². The lowest BCUT2D eigenvalue weighted by Gasteiger charge is -2.31. The van der Waals surface area contributed by atoms with Crippen molar-refractivity contribution in [1.82, 2.24) is 34.2 Å². The van der Waals surface area contributed by atoms with Crippen molar-refractivity contribution in [1.29, 1.82) is 0 Å². The summed E-state index contributed by atoms with van der Waals surface area (Å²) in [5.41, 5.74) is 2.64. The van der Waals surface area contributed by atoms with Gasteiger partial charge in [0, 0.05) is 69.5 Å². The molecule has 0 radical (unpaired) electrons. The quantitative estimate of drug-likeness (QED) is 0.227. The SMILES string of the molecule is CCC(=O)Cl.CCC(=O)N1CCn2c(C3CCC3)nc(I)c2C1.CCN(C(C)C)C(C)C.Ic1nc(C2CCC2)n2c1CNCC2. The molecule has 2 fully saturated rings. The molecule has 4 aliphatic rings. The first-order valence-electron chi connectivity index (χ1n) is 17.3. The zero-order valence-electron chi connectivity index (χ0n) is 29.0. The van der Waals surface area contributed by atoms with Gasteiger partial charge < -0.3 is 19.4 Å².